The molecule has 0 fully saturated rings. The highest BCUT2D eigenvalue weighted by Crippen LogP contribution is 2.35. The minimum absolute atomic E-state index is 0.276. The van der Waals surface area contributed by atoms with Gasteiger partial charge in [-0.3, -0.25) is 0 Å². The van der Waals surface area contributed by atoms with Crippen LogP contribution in [0.2, 0.25) is 0 Å². The molecule has 1 aromatic heterocycles. The maximum Gasteiger partial charge on any atom is 0.431 e. The van der Waals surface area contributed by atoms with Gasteiger partial charge in [0.2, 0.25) is 0 Å². The van der Waals surface area contributed by atoms with Crippen molar-refractivity contribution in [3.8, 4) is 0 Å². The van der Waals surface area contributed by atoms with Crippen molar-refractivity contribution >= 4 is 10.9 Å². The molecule has 0 bridgehead atoms. The van der Waals surface area contributed by atoms with Gasteiger partial charge in [0.1, 0.15) is 5.69 Å². The van der Waals surface area contributed by atoms with Gasteiger partial charge in [0.05, 0.1) is 0 Å². The quantitative estimate of drug-likeness (QED) is 0.756. The van der Waals surface area contributed by atoms with E-state index in [9.17, 15) is 13.2 Å². The Bertz CT molecular complexity index is 523. The number of halogens is 3. The first kappa shape index (κ1) is 11.0. The summed E-state index contributed by atoms with van der Waals surface area (Å²) >= 11 is 0. The van der Waals surface area contributed by atoms with E-state index in [2.05, 4.69) is 4.98 Å². The van der Waals surface area contributed by atoms with Crippen LogP contribution in [-0.4, -0.2) is 4.98 Å². The van der Waals surface area contributed by atoms with Crippen molar-refractivity contribution in [3.63, 3.8) is 0 Å². The summed E-state index contributed by atoms with van der Waals surface area (Å²) in [6.07, 6.45) is -3.49. The van der Waals surface area contributed by atoms with Crippen molar-refractivity contribution in [1.29, 1.82) is 0 Å². The Balaban J connectivity index is 2.69. The Kier molecular flexibility index (Phi) is 2.45. The van der Waals surface area contributed by atoms with Crippen molar-refractivity contribution in [2.75, 3.05) is 0 Å². The molecule has 0 aliphatic rings. The zero-order valence-corrected chi connectivity index (χ0v) is 9.07. The first-order chi connectivity index (χ1) is 7.43. The van der Waals surface area contributed by atoms with E-state index in [1.807, 2.05) is 19.1 Å². The second-order valence-corrected chi connectivity index (χ2v) is 3.86. The Hall–Kier alpha value is -1.45. The largest absolute Gasteiger partial charge is 0.431 e. The molecular weight excluding hydrogens is 215 g/mol. The fourth-order valence-electron chi connectivity index (χ4n) is 1.88. The summed E-state index contributed by atoms with van der Waals surface area (Å²) in [4.78, 5) is 2.43. The second kappa shape index (κ2) is 3.54. The number of benzene rings is 1. The second-order valence-electron chi connectivity index (χ2n) is 3.86. The van der Waals surface area contributed by atoms with Crippen LogP contribution in [0.15, 0.2) is 18.2 Å². The van der Waals surface area contributed by atoms with Crippen LogP contribution in [0, 0.1) is 6.92 Å². The summed E-state index contributed by atoms with van der Waals surface area (Å²) in [5, 5.41) is 0.659. The van der Waals surface area contributed by atoms with Crippen LogP contribution in [0.5, 0.6) is 0 Å². The maximum atomic E-state index is 12.6. The van der Waals surface area contributed by atoms with E-state index in [-0.39, 0.29) is 5.56 Å². The van der Waals surface area contributed by atoms with Gasteiger partial charge in [0.15, 0.2) is 0 Å². The van der Waals surface area contributed by atoms with Gasteiger partial charge < -0.3 is 4.98 Å². The van der Waals surface area contributed by atoms with Crippen LogP contribution in [0.25, 0.3) is 10.9 Å². The topological polar surface area (TPSA) is 15.8 Å². The predicted octanol–water partition coefficient (Wildman–Crippen LogP) is 4.06. The predicted molar refractivity (Wildman–Crippen MR) is 57.4 cm³/mol. The number of H-pyrrole nitrogens is 1. The normalized spacial score (nSPS) is 12.3. The molecule has 16 heavy (non-hydrogen) atoms. The van der Waals surface area contributed by atoms with E-state index in [1.165, 1.54) is 6.92 Å². The molecule has 1 heterocycles. The monoisotopic (exact) mass is 227 g/mol. The molecule has 2 rings (SSSR count). The molecule has 4 heteroatoms. The molecule has 1 aromatic carbocycles. The molecule has 86 valence electrons. The molecule has 1 N–H and O–H groups in total. The Morgan fingerprint density at radius 1 is 1.25 bits per heavy atom. The Morgan fingerprint density at radius 3 is 2.50 bits per heavy atom. The van der Waals surface area contributed by atoms with Crippen LogP contribution in [-0.2, 0) is 12.6 Å². The molecule has 0 saturated heterocycles. The molecular formula is C12H12F3N. The van der Waals surface area contributed by atoms with E-state index in [1.54, 1.807) is 6.07 Å². The van der Waals surface area contributed by atoms with Gasteiger partial charge in [-0.25, -0.2) is 0 Å². The summed E-state index contributed by atoms with van der Waals surface area (Å²) in [5.41, 5.74) is 1.22. The van der Waals surface area contributed by atoms with Crippen LogP contribution in [0.1, 0.15) is 23.7 Å². The van der Waals surface area contributed by atoms with Crippen LogP contribution in [0.3, 0.4) is 0 Å². The molecule has 1 nitrogen and oxygen atoms in total. The standard InChI is InChI=1S/C12H12F3N/c1-3-8-4-5-10-9(6-8)7(2)11(16-10)12(13,14)15/h4-6,16H,3H2,1-2H3. The molecule has 0 spiro atoms. The average molecular weight is 227 g/mol. The minimum Gasteiger partial charge on any atom is -0.351 e. The Morgan fingerprint density at radius 2 is 1.94 bits per heavy atom. The van der Waals surface area contributed by atoms with Crippen LogP contribution >= 0.6 is 0 Å². The zero-order chi connectivity index (χ0) is 11.9. The number of alkyl halides is 3. The first-order valence-corrected chi connectivity index (χ1v) is 5.12. The van der Waals surface area contributed by atoms with Crippen LogP contribution < -0.4 is 0 Å². The zero-order valence-electron chi connectivity index (χ0n) is 9.07. The van der Waals surface area contributed by atoms with E-state index in [0.717, 1.165) is 12.0 Å². The number of nitrogens with one attached hydrogen (secondary N) is 1. The summed E-state index contributed by atoms with van der Waals surface area (Å²) in [6.45, 7) is 3.48. The van der Waals surface area contributed by atoms with Gasteiger partial charge >= 0.3 is 6.18 Å². The molecule has 0 saturated carbocycles. The SMILES string of the molecule is CCc1ccc2[nH]c(C(F)(F)F)c(C)c2c1. The van der Waals surface area contributed by atoms with E-state index in [0.29, 0.717) is 10.9 Å². The van der Waals surface area contributed by atoms with Gasteiger partial charge in [-0.15, -0.1) is 0 Å². The summed E-state index contributed by atoms with van der Waals surface area (Å²) in [7, 11) is 0. The lowest BCUT2D eigenvalue weighted by atomic mass is 10.1. The number of aromatic nitrogens is 1. The van der Waals surface area contributed by atoms with Crippen molar-refractivity contribution in [3.05, 3.63) is 35.0 Å². The third kappa shape index (κ3) is 1.68. The first-order valence-electron chi connectivity index (χ1n) is 5.12. The molecule has 0 unspecified atom stereocenters. The smallest absolute Gasteiger partial charge is 0.351 e. The van der Waals surface area contributed by atoms with Gasteiger partial charge in [-0.1, -0.05) is 13.0 Å². The summed E-state index contributed by atoms with van der Waals surface area (Å²) < 4.78 is 37.9. The lowest BCUT2D eigenvalue weighted by Gasteiger charge is -2.04. The van der Waals surface area contributed by atoms with Crippen molar-refractivity contribution in [2.24, 2.45) is 0 Å². The Labute approximate surface area is 91.3 Å². The van der Waals surface area contributed by atoms with Crippen molar-refractivity contribution < 1.29 is 13.2 Å². The van der Waals surface area contributed by atoms with E-state index < -0.39 is 11.9 Å². The lowest BCUT2D eigenvalue weighted by Crippen LogP contribution is -2.06. The number of aryl methyl sites for hydroxylation is 2. The lowest BCUT2D eigenvalue weighted by molar-refractivity contribution is -0.141. The highest BCUT2D eigenvalue weighted by Gasteiger charge is 2.34. The number of fused-ring (bicyclic) bond motifs is 1. The van der Waals surface area contributed by atoms with Gasteiger partial charge in [-0.2, -0.15) is 13.2 Å². The van der Waals surface area contributed by atoms with Crippen molar-refractivity contribution in [1.82, 2.24) is 4.98 Å². The molecule has 0 amide bonds. The van der Waals surface area contributed by atoms with Gasteiger partial charge in [-0.05, 0) is 36.6 Å². The number of rotatable bonds is 1. The molecule has 2 aromatic rings. The molecule has 0 radical (unpaired) electrons. The summed E-state index contributed by atoms with van der Waals surface area (Å²) in [6, 6.07) is 5.37. The summed E-state index contributed by atoms with van der Waals surface area (Å²) in [5.74, 6) is 0. The van der Waals surface area contributed by atoms with Crippen LogP contribution in [0.4, 0.5) is 13.2 Å². The molecule has 0 atom stereocenters. The number of hydrogen-bond donors (Lipinski definition) is 1. The average Bonchev–Trinajstić information content (AvgIpc) is 2.55. The van der Waals surface area contributed by atoms with Crippen molar-refractivity contribution in [2.45, 2.75) is 26.4 Å². The third-order valence-corrected chi connectivity index (χ3v) is 2.81. The number of aromatic amines is 1. The number of hydrogen-bond acceptors (Lipinski definition) is 0. The van der Waals surface area contributed by atoms with Gasteiger partial charge in [0, 0.05) is 10.9 Å². The fraction of sp³-hybridized carbons (Fsp3) is 0.333. The third-order valence-electron chi connectivity index (χ3n) is 2.81. The van der Waals surface area contributed by atoms with Gasteiger partial charge in [0.25, 0.3) is 0 Å². The molecule has 0 aliphatic heterocycles. The highest BCUT2D eigenvalue weighted by atomic mass is 19.4. The maximum absolute atomic E-state index is 12.6. The minimum atomic E-state index is -4.31. The molecule has 0 aliphatic carbocycles. The van der Waals surface area contributed by atoms with E-state index in [4.69, 9.17) is 0 Å². The van der Waals surface area contributed by atoms with E-state index >= 15 is 0 Å². The fourth-order valence-corrected chi connectivity index (χ4v) is 1.88. The highest BCUT2D eigenvalue weighted by molar-refractivity contribution is 5.85.